The van der Waals surface area contributed by atoms with Crippen LogP contribution in [0.3, 0.4) is 0 Å². The quantitative estimate of drug-likeness (QED) is 0.690. The maximum Gasteiger partial charge on any atom is 0.343 e. The first-order chi connectivity index (χ1) is 12.1. The number of methoxy groups -OCH3 is 2. The SMILES string of the molecule is CCCCOc1cccc(Oc2nc(OC)cc(OC)n2)c1C(=O)O. The topological polar surface area (TPSA) is 100 Å². The Labute approximate surface area is 145 Å². The number of benzene rings is 1. The number of ether oxygens (including phenoxy) is 4. The summed E-state index contributed by atoms with van der Waals surface area (Å²) in [5.41, 5.74) is -0.0935. The second-order valence-corrected chi connectivity index (χ2v) is 4.97. The number of aromatic carboxylic acids is 1. The molecule has 0 aliphatic rings. The lowest BCUT2D eigenvalue weighted by Crippen LogP contribution is -2.07. The fraction of sp³-hybridized carbons (Fsp3) is 0.353. The largest absolute Gasteiger partial charge is 0.493 e. The van der Waals surface area contributed by atoms with Crippen molar-refractivity contribution in [3.63, 3.8) is 0 Å². The van der Waals surface area contributed by atoms with E-state index in [9.17, 15) is 9.90 Å². The molecule has 0 fully saturated rings. The highest BCUT2D eigenvalue weighted by atomic mass is 16.5. The van der Waals surface area contributed by atoms with E-state index in [1.807, 2.05) is 6.92 Å². The maximum atomic E-state index is 11.7. The standard InChI is InChI=1S/C17H20N2O6/c1-4-5-9-24-11-7-6-8-12(15(11)16(20)21)25-17-18-13(22-2)10-14(19-17)23-3/h6-8,10H,4-5,9H2,1-3H3,(H,20,21). The predicted octanol–water partition coefficient (Wildman–Crippen LogP) is 3.16. The van der Waals surface area contributed by atoms with Crippen LogP contribution in [0.4, 0.5) is 0 Å². The molecular weight excluding hydrogens is 328 g/mol. The van der Waals surface area contributed by atoms with Gasteiger partial charge in [-0.1, -0.05) is 19.4 Å². The highest BCUT2D eigenvalue weighted by Crippen LogP contribution is 2.32. The van der Waals surface area contributed by atoms with Crippen LogP contribution in [0.2, 0.25) is 0 Å². The Morgan fingerprint density at radius 3 is 2.32 bits per heavy atom. The zero-order chi connectivity index (χ0) is 18.2. The molecule has 0 spiro atoms. The molecule has 0 radical (unpaired) electrons. The molecule has 8 heteroatoms. The minimum Gasteiger partial charge on any atom is -0.493 e. The molecule has 0 unspecified atom stereocenters. The van der Waals surface area contributed by atoms with Crippen LogP contribution in [0, 0.1) is 0 Å². The summed E-state index contributed by atoms with van der Waals surface area (Å²) in [5, 5.41) is 9.53. The van der Waals surface area contributed by atoms with Gasteiger partial charge in [-0.05, 0) is 18.6 Å². The minimum atomic E-state index is -1.17. The third-order valence-electron chi connectivity index (χ3n) is 3.24. The fourth-order valence-corrected chi connectivity index (χ4v) is 1.99. The van der Waals surface area contributed by atoms with Gasteiger partial charge in [-0.25, -0.2) is 4.79 Å². The molecular formula is C17H20N2O6. The maximum absolute atomic E-state index is 11.7. The predicted molar refractivity (Wildman–Crippen MR) is 89.0 cm³/mol. The summed E-state index contributed by atoms with van der Waals surface area (Å²) in [6.07, 6.45) is 1.76. The normalized spacial score (nSPS) is 10.2. The van der Waals surface area contributed by atoms with Crippen LogP contribution in [0.1, 0.15) is 30.1 Å². The summed E-state index contributed by atoms with van der Waals surface area (Å²) in [5.74, 6) is -0.412. The Morgan fingerprint density at radius 1 is 1.12 bits per heavy atom. The monoisotopic (exact) mass is 348 g/mol. The van der Waals surface area contributed by atoms with Gasteiger partial charge < -0.3 is 24.1 Å². The molecule has 1 aromatic heterocycles. The van der Waals surface area contributed by atoms with Crippen molar-refractivity contribution in [2.45, 2.75) is 19.8 Å². The van der Waals surface area contributed by atoms with E-state index < -0.39 is 5.97 Å². The first-order valence-electron chi connectivity index (χ1n) is 7.73. The Bertz CT molecular complexity index is 713. The molecule has 1 heterocycles. The van der Waals surface area contributed by atoms with Gasteiger partial charge in [0.2, 0.25) is 11.8 Å². The number of carboxylic acids is 1. The minimum absolute atomic E-state index is 0.0665. The Kier molecular flexibility index (Phi) is 6.39. The van der Waals surface area contributed by atoms with E-state index in [2.05, 4.69) is 9.97 Å². The first kappa shape index (κ1) is 18.3. The summed E-state index contributed by atoms with van der Waals surface area (Å²) in [7, 11) is 2.88. The fourth-order valence-electron chi connectivity index (χ4n) is 1.99. The molecule has 2 rings (SSSR count). The van der Waals surface area contributed by atoms with Crippen LogP contribution in [0.25, 0.3) is 0 Å². The molecule has 0 bridgehead atoms. The molecule has 1 N–H and O–H groups in total. The van der Waals surface area contributed by atoms with Crippen LogP contribution in [-0.2, 0) is 0 Å². The molecule has 0 atom stereocenters. The summed E-state index contributed by atoms with van der Waals surface area (Å²) in [6, 6.07) is 6.12. The van der Waals surface area contributed by atoms with E-state index in [1.54, 1.807) is 12.1 Å². The van der Waals surface area contributed by atoms with E-state index >= 15 is 0 Å². The number of carbonyl (C=O) groups is 1. The van der Waals surface area contributed by atoms with Gasteiger partial charge in [0.1, 0.15) is 17.1 Å². The number of hydrogen-bond donors (Lipinski definition) is 1. The molecule has 0 aliphatic heterocycles. The van der Waals surface area contributed by atoms with Gasteiger partial charge in [0, 0.05) is 0 Å². The lowest BCUT2D eigenvalue weighted by atomic mass is 10.2. The van der Waals surface area contributed by atoms with Crippen LogP contribution in [0.5, 0.6) is 29.3 Å². The Balaban J connectivity index is 2.35. The first-order valence-corrected chi connectivity index (χ1v) is 7.73. The summed E-state index contributed by atoms with van der Waals surface area (Å²) >= 11 is 0. The lowest BCUT2D eigenvalue weighted by molar-refractivity contribution is 0.0689. The van der Waals surface area contributed by atoms with Crippen LogP contribution >= 0.6 is 0 Å². The van der Waals surface area contributed by atoms with Crippen LogP contribution < -0.4 is 18.9 Å². The third kappa shape index (κ3) is 4.72. The number of nitrogens with zero attached hydrogens (tertiary/aromatic N) is 2. The molecule has 8 nitrogen and oxygen atoms in total. The van der Waals surface area contributed by atoms with Gasteiger partial charge in [0.15, 0.2) is 0 Å². The van der Waals surface area contributed by atoms with Gasteiger partial charge in [-0.2, -0.15) is 9.97 Å². The van der Waals surface area contributed by atoms with Crippen molar-refractivity contribution in [1.82, 2.24) is 9.97 Å². The number of hydrogen-bond acceptors (Lipinski definition) is 7. The second-order valence-electron chi connectivity index (χ2n) is 4.97. The lowest BCUT2D eigenvalue weighted by Gasteiger charge is -2.13. The van der Waals surface area contributed by atoms with E-state index in [-0.39, 0.29) is 34.8 Å². The van der Waals surface area contributed by atoms with E-state index in [1.165, 1.54) is 26.4 Å². The number of rotatable bonds is 9. The summed E-state index contributed by atoms with van der Waals surface area (Å²) in [6.45, 7) is 2.44. The number of carboxylic acid groups (broad SMARTS) is 1. The van der Waals surface area contributed by atoms with Gasteiger partial charge in [-0.3, -0.25) is 0 Å². The van der Waals surface area contributed by atoms with E-state index in [4.69, 9.17) is 18.9 Å². The molecule has 0 amide bonds. The molecule has 25 heavy (non-hydrogen) atoms. The van der Waals surface area contributed by atoms with Crippen molar-refractivity contribution >= 4 is 5.97 Å². The highest BCUT2D eigenvalue weighted by molar-refractivity contribution is 5.94. The Hall–Kier alpha value is -3.03. The molecule has 134 valence electrons. The zero-order valence-electron chi connectivity index (χ0n) is 14.3. The van der Waals surface area contributed by atoms with Gasteiger partial charge >= 0.3 is 12.0 Å². The van der Waals surface area contributed by atoms with Crippen molar-refractivity contribution in [1.29, 1.82) is 0 Å². The van der Waals surface area contributed by atoms with Gasteiger partial charge in [-0.15, -0.1) is 0 Å². The van der Waals surface area contributed by atoms with Crippen LogP contribution in [-0.4, -0.2) is 41.9 Å². The summed E-state index contributed by atoms with van der Waals surface area (Å²) in [4.78, 5) is 19.7. The molecule has 0 saturated heterocycles. The van der Waals surface area contributed by atoms with E-state index in [0.29, 0.717) is 6.61 Å². The third-order valence-corrected chi connectivity index (χ3v) is 3.24. The van der Waals surface area contributed by atoms with Crippen molar-refractivity contribution in [3.05, 3.63) is 29.8 Å². The van der Waals surface area contributed by atoms with Crippen molar-refractivity contribution in [3.8, 4) is 29.3 Å². The number of unbranched alkanes of at least 4 members (excludes halogenated alkanes) is 1. The van der Waals surface area contributed by atoms with Crippen molar-refractivity contribution in [2.75, 3.05) is 20.8 Å². The second kappa shape index (κ2) is 8.72. The molecule has 1 aromatic carbocycles. The van der Waals surface area contributed by atoms with Crippen LogP contribution in [0.15, 0.2) is 24.3 Å². The molecule has 2 aromatic rings. The van der Waals surface area contributed by atoms with Crippen molar-refractivity contribution in [2.24, 2.45) is 0 Å². The summed E-state index contributed by atoms with van der Waals surface area (Å²) < 4.78 is 21.2. The Morgan fingerprint density at radius 2 is 1.76 bits per heavy atom. The van der Waals surface area contributed by atoms with Gasteiger partial charge in [0.05, 0.1) is 26.9 Å². The smallest absolute Gasteiger partial charge is 0.343 e. The average Bonchev–Trinajstić information content (AvgIpc) is 2.61. The van der Waals surface area contributed by atoms with Crippen molar-refractivity contribution < 1.29 is 28.8 Å². The molecule has 0 saturated carbocycles. The van der Waals surface area contributed by atoms with E-state index in [0.717, 1.165) is 12.8 Å². The van der Waals surface area contributed by atoms with Gasteiger partial charge in [0.25, 0.3) is 0 Å². The molecule has 0 aliphatic carbocycles. The average molecular weight is 348 g/mol. The highest BCUT2D eigenvalue weighted by Gasteiger charge is 2.20. The number of aromatic nitrogens is 2. The zero-order valence-corrected chi connectivity index (χ0v) is 14.3.